The highest BCUT2D eigenvalue weighted by Crippen LogP contribution is 2.21. The summed E-state index contributed by atoms with van der Waals surface area (Å²) >= 11 is 0. The van der Waals surface area contributed by atoms with E-state index in [0.29, 0.717) is 35.6 Å². The molecular weight excluding hydrogens is 412 g/mol. The zero-order valence-corrected chi connectivity index (χ0v) is 18.5. The summed E-state index contributed by atoms with van der Waals surface area (Å²) in [4.78, 5) is 23.0. The number of methoxy groups -OCH3 is 2. The molecule has 2 aromatic carbocycles. The Morgan fingerprint density at radius 1 is 0.750 bits per heavy atom. The summed E-state index contributed by atoms with van der Waals surface area (Å²) in [6.07, 6.45) is 0. The van der Waals surface area contributed by atoms with Gasteiger partial charge < -0.3 is 9.47 Å². The fraction of sp³-hybridized carbons (Fsp3) is 0.364. The van der Waals surface area contributed by atoms with Crippen molar-refractivity contribution in [2.75, 3.05) is 27.3 Å². The number of ether oxygens (including phenoxy) is 2. The minimum Gasteiger partial charge on any atom is -0.465 e. The number of hydrogen-bond donors (Lipinski definition) is 0. The minimum absolute atomic E-state index is 0.0671. The molecular formula is C22H26N6O4. The van der Waals surface area contributed by atoms with Crippen molar-refractivity contribution in [3.8, 4) is 0 Å². The van der Waals surface area contributed by atoms with Gasteiger partial charge >= 0.3 is 11.9 Å². The first-order chi connectivity index (χ1) is 15.4. The second kappa shape index (κ2) is 10.5. The predicted molar refractivity (Wildman–Crippen MR) is 117 cm³/mol. The van der Waals surface area contributed by atoms with Crippen molar-refractivity contribution in [1.82, 2.24) is 10.0 Å². The van der Waals surface area contributed by atoms with Crippen LogP contribution in [0.5, 0.6) is 0 Å². The van der Waals surface area contributed by atoms with Crippen molar-refractivity contribution in [3.63, 3.8) is 0 Å². The zero-order chi connectivity index (χ0) is 23.1. The third kappa shape index (κ3) is 5.65. The molecule has 1 aliphatic heterocycles. The van der Waals surface area contributed by atoms with Crippen molar-refractivity contribution in [2.24, 2.45) is 20.7 Å². The van der Waals surface area contributed by atoms with Crippen LogP contribution in [0.3, 0.4) is 0 Å². The topological polar surface area (TPSA) is 109 Å². The number of benzene rings is 2. The molecule has 1 saturated heterocycles. The number of rotatable bonds is 6. The molecule has 1 aliphatic rings. The maximum atomic E-state index is 11.5. The quantitative estimate of drug-likeness (QED) is 0.490. The van der Waals surface area contributed by atoms with Crippen LogP contribution in [-0.4, -0.2) is 61.3 Å². The summed E-state index contributed by atoms with van der Waals surface area (Å²) in [6.45, 7) is 5.36. The molecule has 1 heterocycles. The Morgan fingerprint density at radius 2 is 1.16 bits per heavy atom. The summed E-state index contributed by atoms with van der Waals surface area (Å²) in [6, 6.07) is 13.6. The normalized spacial score (nSPS) is 18.9. The largest absolute Gasteiger partial charge is 0.465 e. The smallest absolute Gasteiger partial charge is 0.337 e. The van der Waals surface area contributed by atoms with E-state index in [1.165, 1.54) is 14.2 Å². The van der Waals surface area contributed by atoms with Crippen LogP contribution in [0.1, 0.15) is 34.6 Å². The minimum atomic E-state index is -0.388. The van der Waals surface area contributed by atoms with Crippen LogP contribution in [0.15, 0.2) is 69.2 Å². The first-order valence-corrected chi connectivity index (χ1v) is 10.1. The van der Waals surface area contributed by atoms with Crippen LogP contribution in [0.25, 0.3) is 0 Å². The lowest BCUT2D eigenvalue weighted by Gasteiger charge is -2.39. The van der Waals surface area contributed by atoms with Gasteiger partial charge in [-0.15, -0.1) is 10.2 Å². The van der Waals surface area contributed by atoms with Crippen LogP contribution in [0, 0.1) is 0 Å². The Kier molecular flexibility index (Phi) is 7.48. The monoisotopic (exact) mass is 438 g/mol. The van der Waals surface area contributed by atoms with Gasteiger partial charge in [-0.1, -0.05) is 10.4 Å². The lowest BCUT2D eigenvalue weighted by Crippen LogP contribution is -2.52. The second-order valence-corrected chi connectivity index (χ2v) is 7.41. The Hall–Kier alpha value is -3.82. The fourth-order valence-corrected chi connectivity index (χ4v) is 3.32. The van der Waals surface area contributed by atoms with E-state index in [1.807, 2.05) is 23.9 Å². The van der Waals surface area contributed by atoms with Gasteiger partial charge in [-0.25, -0.2) is 9.59 Å². The van der Waals surface area contributed by atoms with Crippen molar-refractivity contribution >= 4 is 23.3 Å². The zero-order valence-electron chi connectivity index (χ0n) is 18.5. The van der Waals surface area contributed by atoms with Crippen LogP contribution in [0.2, 0.25) is 0 Å². The first-order valence-electron chi connectivity index (χ1n) is 10.1. The SMILES string of the molecule is COC(=O)c1ccc(N=NN2C[C@@H](C)N(N=Nc3ccc(C(=O)OC)cc3)[C@@H](C)C2)cc1. The molecule has 0 saturated carbocycles. The summed E-state index contributed by atoms with van der Waals surface area (Å²) in [5.74, 6) is -0.777. The van der Waals surface area contributed by atoms with Gasteiger partial charge in [-0.05, 0) is 62.4 Å². The fourth-order valence-electron chi connectivity index (χ4n) is 3.32. The molecule has 0 aromatic heterocycles. The van der Waals surface area contributed by atoms with Gasteiger partial charge in [-0.3, -0.25) is 10.0 Å². The van der Waals surface area contributed by atoms with Crippen molar-refractivity contribution < 1.29 is 19.1 Å². The molecule has 168 valence electrons. The lowest BCUT2D eigenvalue weighted by atomic mass is 10.1. The van der Waals surface area contributed by atoms with E-state index >= 15 is 0 Å². The molecule has 0 aliphatic carbocycles. The van der Waals surface area contributed by atoms with Crippen LogP contribution in [0.4, 0.5) is 11.4 Å². The molecule has 10 nitrogen and oxygen atoms in total. The van der Waals surface area contributed by atoms with E-state index in [2.05, 4.69) is 20.7 Å². The van der Waals surface area contributed by atoms with Crippen LogP contribution < -0.4 is 0 Å². The molecule has 0 amide bonds. The molecule has 0 unspecified atom stereocenters. The molecule has 2 aromatic rings. The molecule has 32 heavy (non-hydrogen) atoms. The van der Waals surface area contributed by atoms with Gasteiger partial charge in [0.2, 0.25) is 0 Å². The second-order valence-electron chi connectivity index (χ2n) is 7.41. The summed E-state index contributed by atoms with van der Waals surface area (Å²) < 4.78 is 9.39. The molecule has 10 heteroatoms. The molecule has 1 fully saturated rings. The van der Waals surface area contributed by atoms with Gasteiger partial charge in [0.05, 0.1) is 61.9 Å². The maximum Gasteiger partial charge on any atom is 0.337 e. The number of esters is 2. The summed E-state index contributed by atoms with van der Waals surface area (Å²) in [7, 11) is 2.69. The number of carbonyl (C=O) groups excluding carboxylic acids is 2. The number of carbonyl (C=O) groups is 2. The first kappa shape index (κ1) is 22.9. The average Bonchev–Trinajstić information content (AvgIpc) is 2.82. The van der Waals surface area contributed by atoms with Gasteiger partial charge in [0.15, 0.2) is 0 Å². The summed E-state index contributed by atoms with van der Waals surface area (Å²) in [5, 5.41) is 21.1. The Bertz CT molecular complexity index is 978. The Balaban J connectivity index is 1.59. The van der Waals surface area contributed by atoms with Crippen molar-refractivity contribution in [3.05, 3.63) is 59.7 Å². The van der Waals surface area contributed by atoms with Crippen LogP contribution in [-0.2, 0) is 9.47 Å². The van der Waals surface area contributed by atoms with Gasteiger partial charge in [0.25, 0.3) is 0 Å². The van der Waals surface area contributed by atoms with Gasteiger partial charge in [-0.2, -0.15) is 0 Å². The van der Waals surface area contributed by atoms with E-state index in [1.54, 1.807) is 48.5 Å². The standard InChI is InChI=1S/C22H26N6O4/c1-15-13-27(25-23-19-9-5-17(6-10-19)21(29)31-3)14-16(2)28(15)26-24-20-11-7-18(8-12-20)22(30)32-4/h5-12,15-16H,13-14H2,1-4H3/t15-,16+. The highest BCUT2D eigenvalue weighted by atomic mass is 16.5. The highest BCUT2D eigenvalue weighted by Gasteiger charge is 2.28. The van der Waals surface area contributed by atoms with Crippen molar-refractivity contribution in [2.45, 2.75) is 25.9 Å². The van der Waals surface area contributed by atoms with E-state index in [-0.39, 0.29) is 24.0 Å². The third-order valence-corrected chi connectivity index (χ3v) is 4.98. The summed E-state index contributed by atoms with van der Waals surface area (Å²) in [5.41, 5.74) is 2.23. The van der Waals surface area contributed by atoms with Crippen molar-refractivity contribution in [1.29, 1.82) is 0 Å². The van der Waals surface area contributed by atoms with E-state index in [9.17, 15) is 9.59 Å². The number of hydrogen-bond acceptors (Lipinski definition) is 8. The Morgan fingerprint density at radius 3 is 1.56 bits per heavy atom. The average molecular weight is 438 g/mol. The highest BCUT2D eigenvalue weighted by molar-refractivity contribution is 5.90. The molecule has 0 spiro atoms. The van der Waals surface area contributed by atoms with E-state index in [4.69, 9.17) is 9.47 Å². The van der Waals surface area contributed by atoms with E-state index in [0.717, 1.165) is 0 Å². The third-order valence-electron chi connectivity index (χ3n) is 4.98. The molecule has 0 radical (unpaired) electrons. The number of nitrogens with zero attached hydrogens (tertiary/aromatic N) is 6. The van der Waals surface area contributed by atoms with Gasteiger partial charge in [0, 0.05) is 0 Å². The van der Waals surface area contributed by atoms with Gasteiger partial charge in [0.1, 0.15) is 0 Å². The maximum absolute atomic E-state index is 11.5. The molecule has 3 rings (SSSR count). The molecule has 0 bridgehead atoms. The molecule has 2 atom stereocenters. The van der Waals surface area contributed by atoms with E-state index < -0.39 is 0 Å². The lowest BCUT2D eigenvalue weighted by molar-refractivity contribution is 0.0321. The predicted octanol–water partition coefficient (Wildman–Crippen LogP) is 4.35. The molecule has 0 N–H and O–H groups in total. The van der Waals surface area contributed by atoms with Crippen LogP contribution >= 0.6 is 0 Å². The Labute approximate surface area is 186 Å². The number of piperazine rings is 1.